The van der Waals surface area contributed by atoms with E-state index in [-0.39, 0.29) is 0 Å². The molecule has 4 nitrogen and oxygen atoms in total. The van der Waals surface area contributed by atoms with Gasteiger partial charge < -0.3 is 8.85 Å². The Balaban J connectivity index is 0. The smallest absolute Gasteiger partial charge is 0.321 e. The molecule has 0 unspecified atom stereocenters. The summed E-state index contributed by atoms with van der Waals surface area (Å²) in [5.74, 6) is 0. The quantitative estimate of drug-likeness (QED) is 0.284. The number of hydrogen-bond acceptors (Lipinski definition) is 4. The van der Waals surface area contributed by atoms with Gasteiger partial charge in [-0.05, 0) is 18.9 Å². The third-order valence-electron chi connectivity index (χ3n) is 2.06. The fraction of sp³-hybridized carbons (Fsp3) is 0.917. The Kier molecular flexibility index (Phi) is 19.9. The van der Waals surface area contributed by atoms with Gasteiger partial charge in [0.1, 0.15) is 0 Å². The molecule has 0 saturated carbocycles. The van der Waals surface area contributed by atoms with Gasteiger partial charge in [0.2, 0.25) is 6.08 Å². The molecule has 1 N–H and O–H groups in total. The summed E-state index contributed by atoms with van der Waals surface area (Å²) in [5.41, 5.74) is 0. The van der Waals surface area contributed by atoms with Crippen molar-refractivity contribution in [2.24, 2.45) is 0 Å². The molecular formula is C12H27NO3Si. The zero-order valence-corrected chi connectivity index (χ0v) is 12.6. The molecule has 0 amide bonds. The summed E-state index contributed by atoms with van der Waals surface area (Å²) in [5, 5.41) is 5.40. The van der Waals surface area contributed by atoms with Crippen LogP contribution in [0.15, 0.2) is 0 Å². The number of carbonyl (C=O) groups excluding carboxylic acids is 1. The lowest BCUT2D eigenvalue weighted by atomic mass is 10.3. The highest BCUT2D eigenvalue weighted by molar-refractivity contribution is 6.44. The van der Waals surface area contributed by atoms with Crippen LogP contribution in [0.3, 0.4) is 0 Å². The molecule has 102 valence electrons. The monoisotopic (exact) mass is 261 g/mol. The summed E-state index contributed by atoms with van der Waals surface area (Å²) >= 11 is 0. The van der Waals surface area contributed by atoms with Crippen LogP contribution in [0, 0.1) is 5.41 Å². The van der Waals surface area contributed by atoms with Crippen molar-refractivity contribution in [3.63, 3.8) is 0 Å². The number of isocyanates is 1. The molecule has 0 aromatic rings. The summed E-state index contributed by atoms with van der Waals surface area (Å²) < 4.78 is 11.5. The van der Waals surface area contributed by atoms with E-state index < -0.39 is 9.28 Å². The molecule has 0 aliphatic carbocycles. The van der Waals surface area contributed by atoms with Gasteiger partial charge in [-0.3, -0.25) is 0 Å². The van der Waals surface area contributed by atoms with Crippen molar-refractivity contribution in [1.29, 1.82) is 5.41 Å². The van der Waals surface area contributed by atoms with Gasteiger partial charge >= 0.3 is 9.28 Å². The highest BCUT2D eigenvalue weighted by atomic mass is 28.3. The lowest BCUT2D eigenvalue weighted by Crippen LogP contribution is -2.23. The van der Waals surface area contributed by atoms with Crippen molar-refractivity contribution in [3.8, 4) is 0 Å². The molecule has 0 aliphatic rings. The second-order valence-corrected chi connectivity index (χ2v) is 5.87. The average molecular weight is 261 g/mol. The van der Waals surface area contributed by atoms with Crippen molar-refractivity contribution >= 4 is 15.4 Å². The Morgan fingerprint density at radius 2 is 1.47 bits per heavy atom. The molecule has 0 aromatic heterocycles. The predicted octanol–water partition coefficient (Wildman–Crippen LogP) is 3.15. The van der Waals surface area contributed by atoms with E-state index in [0.717, 1.165) is 32.1 Å². The molecule has 0 aliphatic heterocycles. The van der Waals surface area contributed by atoms with Crippen molar-refractivity contribution in [3.05, 3.63) is 0 Å². The molecule has 0 aromatic carbocycles. The third-order valence-corrected chi connectivity index (χ3v) is 4.15. The van der Waals surface area contributed by atoms with Crippen LogP contribution in [0.4, 0.5) is 0 Å². The maximum atomic E-state index is 8.35. The normalized spacial score (nSPS) is 9.65. The predicted molar refractivity (Wildman–Crippen MR) is 72.4 cm³/mol. The second-order valence-electron chi connectivity index (χ2n) is 3.77. The molecule has 0 bridgehead atoms. The van der Waals surface area contributed by atoms with Crippen LogP contribution in [0.5, 0.6) is 0 Å². The Bertz CT molecular complexity index is 165. The lowest BCUT2D eigenvalue weighted by Gasteiger charge is -2.15. The van der Waals surface area contributed by atoms with Gasteiger partial charge in [-0.1, -0.05) is 40.0 Å². The van der Waals surface area contributed by atoms with Gasteiger partial charge in [-0.15, -0.1) is 0 Å². The summed E-state index contributed by atoms with van der Waals surface area (Å²) in [6.45, 7) is 8.30. The van der Waals surface area contributed by atoms with Crippen LogP contribution >= 0.6 is 0 Å². The summed E-state index contributed by atoms with van der Waals surface area (Å²) in [6, 6.07) is 1.19. The molecule has 5 heteroatoms. The highest BCUT2D eigenvalue weighted by Gasteiger charge is 2.11. The number of nitrogens with one attached hydrogen (secondary N) is 1. The first kappa shape index (κ1) is 18.9. The standard InChI is InChI=1S/C11H26O2Si.CHNO/c1-4-7-8-11-14(12-9-5-2)13-10-6-3;2-1-3/h14H,4-11H2,1-3H3;2H. The molecule has 0 radical (unpaired) electrons. The third kappa shape index (κ3) is 18.1. The van der Waals surface area contributed by atoms with E-state index in [9.17, 15) is 0 Å². The van der Waals surface area contributed by atoms with Gasteiger partial charge in [-0.25, -0.2) is 10.2 Å². The molecule has 0 rings (SSSR count). The van der Waals surface area contributed by atoms with E-state index in [1.54, 1.807) is 0 Å². The van der Waals surface area contributed by atoms with Gasteiger partial charge in [0.05, 0.1) is 0 Å². The number of hydrogen-bond donors (Lipinski definition) is 1. The minimum atomic E-state index is -1.30. The topological polar surface area (TPSA) is 59.4 Å². The second kappa shape index (κ2) is 17.9. The van der Waals surface area contributed by atoms with Gasteiger partial charge in [0.15, 0.2) is 0 Å². The van der Waals surface area contributed by atoms with Crippen LogP contribution in [0.25, 0.3) is 0 Å². The molecule has 0 spiro atoms. The molecule has 0 fully saturated rings. The van der Waals surface area contributed by atoms with E-state index in [1.165, 1.54) is 25.3 Å². The maximum absolute atomic E-state index is 8.35. The minimum absolute atomic E-state index is 0.750. The fourth-order valence-corrected chi connectivity index (χ4v) is 3.32. The van der Waals surface area contributed by atoms with Crippen molar-refractivity contribution in [2.45, 2.75) is 58.9 Å². The van der Waals surface area contributed by atoms with E-state index >= 15 is 0 Å². The first-order valence-corrected chi connectivity index (χ1v) is 8.29. The van der Waals surface area contributed by atoms with E-state index in [0.29, 0.717) is 0 Å². The van der Waals surface area contributed by atoms with Gasteiger partial charge in [0, 0.05) is 13.2 Å². The minimum Gasteiger partial charge on any atom is -0.397 e. The van der Waals surface area contributed by atoms with Crippen LogP contribution in [-0.2, 0) is 13.6 Å². The number of unbranched alkanes of at least 4 members (excludes halogenated alkanes) is 2. The fourth-order valence-electron chi connectivity index (χ4n) is 1.27. The van der Waals surface area contributed by atoms with E-state index in [1.807, 2.05) is 0 Å². The van der Waals surface area contributed by atoms with Crippen LogP contribution in [0.1, 0.15) is 52.9 Å². The Morgan fingerprint density at radius 1 is 1.00 bits per heavy atom. The number of rotatable bonds is 10. The van der Waals surface area contributed by atoms with E-state index in [4.69, 9.17) is 19.1 Å². The van der Waals surface area contributed by atoms with Crippen molar-refractivity contribution in [1.82, 2.24) is 0 Å². The first-order chi connectivity index (χ1) is 8.26. The van der Waals surface area contributed by atoms with Gasteiger partial charge in [-0.2, -0.15) is 0 Å². The van der Waals surface area contributed by atoms with Crippen LogP contribution < -0.4 is 0 Å². The highest BCUT2D eigenvalue weighted by Crippen LogP contribution is 2.07. The van der Waals surface area contributed by atoms with Crippen LogP contribution in [0.2, 0.25) is 6.04 Å². The van der Waals surface area contributed by atoms with Crippen molar-refractivity contribution < 1.29 is 13.6 Å². The summed E-state index contributed by atoms with van der Waals surface area (Å²) in [4.78, 5) is 8.35. The largest absolute Gasteiger partial charge is 0.397 e. The Morgan fingerprint density at radius 3 is 1.82 bits per heavy atom. The van der Waals surface area contributed by atoms with Crippen molar-refractivity contribution in [2.75, 3.05) is 13.2 Å². The lowest BCUT2D eigenvalue weighted by molar-refractivity contribution is 0.195. The molecular weight excluding hydrogens is 234 g/mol. The average Bonchev–Trinajstić information content (AvgIpc) is 2.33. The maximum Gasteiger partial charge on any atom is 0.321 e. The first-order valence-electron chi connectivity index (χ1n) is 6.53. The van der Waals surface area contributed by atoms with E-state index in [2.05, 4.69) is 20.8 Å². The summed E-state index contributed by atoms with van der Waals surface area (Å²) in [6.07, 6.45) is 6.83. The zero-order chi connectivity index (χ0) is 13.4. The van der Waals surface area contributed by atoms with Gasteiger partial charge in [0.25, 0.3) is 0 Å². The molecule has 17 heavy (non-hydrogen) atoms. The summed E-state index contributed by atoms with van der Waals surface area (Å²) in [7, 11) is -1.30. The van der Waals surface area contributed by atoms with Crippen LogP contribution in [-0.4, -0.2) is 28.6 Å². The SMILES string of the molecule is CCCCC[SiH](OCCC)OCCC.N=C=O. The molecule has 0 atom stereocenters. The Hall–Kier alpha value is -0.483. The Labute approximate surface area is 107 Å². The molecule has 0 saturated heterocycles. The zero-order valence-electron chi connectivity index (χ0n) is 11.5. The molecule has 0 heterocycles.